The fourth-order valence-electron chi connectivity index (χ4n) is 3.24. The molecule has 1 aliphatic rings. The molecule has 0 radical (unpaired) electrons. The summed E-state index contributed by atoms with van der Waals surface area (Å²) in [5.41, 5.74) is 1.10. The van der Waals surface area contributed by atoms with Crippen molar-refractivity contribution >= 4 is 23.0 Å². The van der Waals surface area contributed by atoms with Crippen molar-refractivity contribution in [3.63, 3.8) is 0 Å². The van der Waals surface area contributed by atoms with Crippen molar-refractivity contribution in [2.24, 2.45) is 0 Å². The molecule has 4 rings (SSSR count). The third-order valence-corrected chi connectivity index (χ3v) is 5.52. The summed E-state index contributed by atoms with van der Waals surface area (Å²) in [6, 6.07) is 11.9. The van der Waals surface area contributed by atoms with Gasteiger partial charge in [0.25, 0.3) is 11.2 Å². The number of anilines is 1. The van der Waals surface area contributed by atoms with Crippen molar-refractivity contribution in [2.75, 3.05) is 11.9 Å². The van der Waals surface area contributed by atoms with E-state index in [-0.39, 0.29) is 21.9 Å². The monoisotopic (exact) mass is 414 g/mol. The second-order valence-electron chi connectivity index (χ2n) is 7.00. The van der Waals surface area contributed by atoms with E-state index in [2.05, 4.69) is 10.4 Å². The third kappa shape index (κ3) is 3.71. The highest BCUT2D eigenvalue weighted by Gasteiger charge is 2.44. The van der Waals surface area contributed by atoms with Gasteiger partial charge in [0.15, 0.2) is 0 Å². The molecular formula is C20H16ClFN4O3. The first-order valence-corrected chi connectivity index (χ1v) is 9.30. The molecule has 1 fully saturated rings. The van der Waals surface area contributed by atoms with Crippen LogP contribution in [0.5, 0.6) is 0 Å². The van der Waals surface area contributed by atoms with Crippen molar-refractivity contribution in [3.8, 4) is 5.69 Å². The summed E-state index contributed by atoms with van der Waals surface area (Å²) < 4.78 is 14.3. The molecule has 7 nitrogen and oxygen atoms in total. The molecule has 1 aliphatic carbocycles. The molecule has 1 aromatic heterocycles. The van der Waals surface area contributed by atoms with Crippen molar-refractivity contribution in [3.05, 3.63) is 91.6 Å². The van der Waals surface area contributed by atoms with E-state index in [0.29, 0.717) is 17.9 Å². The number of hydrogen-bond acceptors (Lipinski definition) is 5. The Morgan fingerprint density at radius 1 is 1.17 bits per heavy atom. The van der Waals surface area contributed by atoms with Gasteiger partial charge in [0.05, 0.1) is 22.5 Å². The molecule has 3 aromatic rings. The van der Waals surface area contributed by atoms with E-state index in [1.807, 2.05) is 0 Å². The zero-order chi connectivity index (χ0) is 20.6. The number of benzene rings is 2. The van der Waals surface area contributed by atoms with Crippen LogP contribution in [0.3, 0.4) is 0 Å². The smallest absolute Gasteiger partial charge is 0.292 e. The van der Waals surface area contributed by atoms with Crippen LogP contribution in [0, 0.1) is 15.9 Å². The minimum atomic E-state index is -0.530. The van der Waals surface area contributed by atoms with Gasteiger partial charge in [-0.05, 0) is 42.7 Å². The number of nitro benzene ring substituents is 1. The first-order chi connectivity index (χ1) is 13.9. The second kappa shape index (κ2) is 7.29. The average Bonchev–Trinajstić information content (AvgIpc) is 3.51. The highest BCUT2D eigenvalue weighted by Crippen LogP contribution is 2.48. The zero-order valence-electron chi connectivity index (χ0n) is 15.1. The van der Waals surface area contributed by atoms with Gasteiger partial charge in [0.1, 0.15) is 10.8 Å². The largest absolute Gasteiger partial charge is 0.381 e. The molecule has 29 heavy (non-hydrogen) atoms. The Hall–Kier alpha value is -3.26. The quantitative estimate of drug-likeness (QED) is 0.485. The number of nitrogens with one attached hydrogen (secondary N) is 1. The summed E-state index contributed by atoms with van der Waals surface area (Å²) in [5.74, 6) is -0.278. The van der Waals surface area contributed by atoms with E-state index in [4.69, 9.17) is 11.6 Å². The van der Waals surface area contributed by atoms with Crippen molar-refractivity contribution < 1.29 is 9.31 Å². The molecular weight excluding hydrogens is 399 g/mol. The lowest BCUT2D eigenvalue weighted by molar-refractivity contribution is -0.384. The molecule has 1 N–H and O–H groups in total. The summed E-state index contributed by atoms with van der Waals surface area (Å²) in [6.07, 6.45) is 3.36. The van der Waals surface area contributed by atoms with Crippen LogP contribution in [-0.2, 0) is 5.41 Å². The molecule has 0 spiro atoms. The predicted molar refractivity (Wildman–Crippen MR) is 107 cm³/mol. The SMILES string of the molecule is O=c1c(Cl)c(NCC2(c3ccc(F)cc3)CC2)cnn1-c1ccc([N+](=O)[O-])cc1. The third-order valence-electron chi connectivity index (χ3n) is 5.15. The van der Waals surface area contributed by atoms with E-state index in [1.165, 1.54) is 42.6 Å². The second-order valence-corrected chi connectivity index (χ2v) is 7.38. The molecule has 0 unspecified atom stereocenters. The lowest BCUT2D eigenvalue weighted by atomic mass is 9.96. The summed E-state index contributed by atoms with van der Waals surface area (Å²) >= 11 is 6.25. The number of rotatable bonds is 6. The van der Waals surface area contributed by atoms with E-state index in [0.717, 1.165) is 23.1 Å². The van der Waals surface area contributed by atoms with Crippen LogP contribution in [0.1, 0.15) is 18.4 Å². The van der Waals surface area contributed by atoms with E-state index < -0.39 is 10.5 Å². The van der Waals surface area contributed by atoms with E-state index in [9.17, 15) is 19.3 Å². The van der Waals surface area contributed by atoms with Gasteiger partial charge in [-0.3, -0.25) is 14.9 Å². The lowest BCUT2D eigenvalue weighted by Crippen LogP contribution is -2.25. The maximum Gasteiger partial charge on any atom is 0.292 e. The van der Waals surface area contributed by atoms with Gasteiger partial charge in [-0.2, -0.15) is 9.78 Å². The molecule has 0 aliphatic heterocycles. The van der Waals surface area contributed by atoms with Crippen LogP contribution < -0.4 is 10.9 Å². The standard InChI is InChI=1S/C20H16ClFN4O3/c21-18-17(23-12-20(9-10-20)13-1-3-14(22)4-2-13)11-24-25(19(18)27)15-5-7-16(8-6-15)26(28)29/h1-8,11,23H,9-10,12H2. The van der Waals surface area contributed by atoms with Crippen LogP contribution in [-0.4, -0.2) is 21.2 Å². The normalized spacial score (nSPS) is 14.4. The van der Waals surface area contributed by atoms with Gasteiger partial charge in [-0.25, -0.2) is 4.39 Å². The average molecular weight is 415 g/mol. The first kappa shape index (κ1) is 19.1. The van der Waals surface area contributed by atoms with Crippen LogP contribution in [0.2, 0.25) is 5.02 Å². The number of nitro groups is 1. The Kier molecular flexibility index (Phi) is 4.79. The first-order valence-electron chi connectivity index (χ1n) is 8.92. The number of hydrogen-bond donors (Lipinski definition) is 1. The number of nitrogens with zero attached hydrogens (tertiary/aromatic N) is 3. The summed E-state index contributed by atoms with van der Waals surface area (Å²) in [4.78, 5) is 22.9. The van der Waals surface area contributed by atoms with Gasteiger partial charge in [0, 0.05) is 24.1 Å². The fourth-order valence-corrected chi connectivity index (χ4v) is 3.44. The minimum absolute atomic E-state index is 0.0201. The summed E-state index contributed by atoms with van der Waals surface area (Å²) in [6.45, 7) is 0.543. The van der Waals surface area contributed by atoms with Gasteiger partial charge < -0.3 is 5.32 Å². The molecule has 2 aromatic carbocycles. The maximum atomic E-state index is 13.2. The van der Waals surface area contributed by atoms with Crippen LogP contribution in [0.25, 0.3) is 5.69 Å². The Morgan fingerprint density at radius 2 is 1.83 bits per heavy atom. The van der Waals surface area contributed by atoms with Crippen molar-refractivity contribution in [1.82, 2.24) is 9.78 Å². The van der Waals surface area contributed by atoms with E-state index >= 15 is 0 Å². The molecule has 0 bridgehead atoms. The lowest BCUT2D eigenvalue weighted by Gasteiger charge is -2.18. The van der Waals surface area contributed by atoms with Crippen molar-refractivity contribution in [1.29, 1.82) is 0 Å². The molecule has 1 saturated carbocycles. The van der Waals surface area contributed by atoms with Gasteiger partial charge >= 0.3 is 0 Å². The molecule has 0 atom stereocenters. The van der Waals surface area contributed by atoms with Gasteiger partial charge in [-0.15, -0.1) is 0 Å². The summed E-state index contributed by atoms with van der Waals surface area (Å²) in [5, 5.41) is 18.1. The molecule has 9 heteroatoms. The Bertz CT molecular complexity index is 1130. The number of aromatic nitrogens is 2. The number of non-ortho nitro benzene ring substituents is 1. The maximum absolute atomic E-state index is 13.2. The van der Waals surface area contributed by atoms with Crippen LogP contribution >= 0.6 is 11.6 Å². The van der Waals surface area contributed by atoms with Gasteiger partial charge in [-0.1, -0.05) is 23.7 Å². The molecule has 1 heterocycles. The zero-order valence-corrected chi connectivity index (χ0v) is 15.9. The fraction of sp³-hybridized carbons (Fsp3) is 0.200. The van der Waals surface area contributed by atoms with Gasteiger partial charge in [0.2, 0.25) is 0 Å². The predicted octanol–water partition coefficient (Wildman–Crippen LogP) is 4.08. The molecule has 0 amide bonds. The Balaban J connectivity index is 1.54. The minimum Gasteiger partial charge on any atom is -0.381 e. The Morgan fingerprint density at radius 3 is 2.41 bits per heavy atom. The van der Waals surface area contributed by atoms with Crippen LogP contribution in [0.15, 0.2) is 59.5 Å². The van der Waals surface area contributed by atoms with E-state index in [1.54, 1.807) is 12.1 Å². The highest BCUT2D eigenvalue weighted by atomic mass is 35.5. The number of halogens is 2. The highest BCUT2D eigenvalue weighted by molar-refractivity contribution is 6.32. The molecule has 148 valence electrons. The topological polar surface area (TPSA) is 90.1 Å². The summed E-state index contributed by atoms with van der Waals surface area (Å²) in [7, 11) is 0. The van der Waals surface area contributed by atoms with Crippen LogP contribution in [0.4, 0.5) is 15.8 Å². The molecule has 0 saturated heterocycles. The Labute approximate surface area is 169 Å². The van der Waals surface area contributed by atoms with Crippen molar-refractivity contribution in [2.45, 2.75) is 18.3 Å².